The van der Waals surface area contributed by atoms with Gasteiger partial charge in [0.15, 0.2) is 17.5 Å². The van der Waals surface area contributed by atoms with Crippen molar-refractivity contribution in [3.63, 3.8) is 0 Å². The van der Waals surface area contributed by atoms with Gasteiger partial charge in [0.2, 0.25) is 0 Å². The summed E-state index contributed by atoms with van der Waals surface area (Å²) in [4.78, 5) is 20.6. The Balaban J connectivity index is 1.46. The van der Waals surface area contributed by atoms with Crippen LogP contribution in [0.25, 0.3) is 17.0 Å². The van der Waals surface area contributed by atoms with Crippen LogP contribution >= 0.6 is 0 Å². The fraction of sp³-hybridized carbons (Fsp3) is 0.381. The zero-order chi connectivity index (χ0) is 21.5. The number of halogens is 3. The van der Waals surface area contributed by atoms with E-state index >= 15 is 0 Å². The van der Waals surface area contributed by atoms with E-state index in [0.29, 0.717) is 36.4 Å². The highest BCUT2D eigenvalue weighted by atomic mass is 19.1. The molecule has 7 nitrogen and oxygen atoms in total. The molecule has 4 heterocycles. The van der Waals surface area contributed by atoms with Crippen LogP contribution in [-0.4, -0.2) is 51.6 Å². The predicted octanol–water partition coefficient (Wildman–Crippen LogP) is 2.68. The smallest absolute Gasteiger partial charge is 0.251 e. The Bertz CT molecular complexity index is 1150. The quantitative estimate of drug-likeness (QED) is 0.580. The zero-order valence-corrected chi connectivity index (χ0v) is 16.5. The highest BCUT2D eigenvalue weighted by molar-refractivity contribution is 5.95. The molecular weight excluding hydrogens is 409 g/mol. The van der Waals surface area contributed by atoms with Gasteiger partial charge in [-0.05, 0) is 37.9 Å². The van der Waals surface area contributed by atoms with E-state index in [4.69, 9.17) is 0 Å². The summed E-state index contributed by atoms with van der Waals surface area (Å²) >= 11 is 0. The van der Waals surface area contributed by atoms with Crippen LogP contribution in [-0.2, 0) is 0 Å². The average molecular weight is 430 g/mol. The molecule has 31 heavy (non-hydrogen) atoms. The number of anilines is 1. The van der Waals surface area contributed by atoms with E-state index < -0.39 is 23.8 Å². The summed E-state index contributed by atoms with van der Waals surface area (Å²) in [6, 6.07) is 3.50. The molecule has 1 aliphatic heterocycles. The summed E-state index contributed by atoms with van der Waals surface area (Å²) in [6.45, 7) is 0.864. The molecule has 1 saturated carbocycles. The van der Waals surface area contributed by atoms with Crippen LogP contribution in [0.4, 0.5) is 19.0 Å². The van der Waals surface area contributed by atoms with Crippen molar-refractivity contribution < 1.29 is 18.0 Å². The van der Waals surface area contributed by atoms with E-state index in [1.807, 2.05) is 0 Å². The number of carbonyl (C=O) groups is 1. The van der Waals surface area contributed by atoms with E-state index in [-0.39, 0.29) is 23.5 Å². The van der Waals surface area contributed by atoms with E-state index in [9.17, 15) is 18.0 Å². The maximum atomic E-state index is 14.6. The average Bonchev–Trinajstić information content (AvgIpc) is 3.47. The highest BCUT2D eigenvalue weighted by Crippen LogP contribution is 2.27. The van der Waals surface area contributed by atoms with Crippen molar-refractivity contribution in [3.05, 3.63) is 47.8 Å². The number of pyridine rings is 2. The topological polar surface area (TPSA) is 83.4 Å². The Morgan fingerprint density at radius 3 is 2.81 bits per heavy atom. The highest BCUT2D eigenvalue weighted by Gasteiger charge is 2.27. The molecule has 1 saturated heterocycles. The number of amides is 1. The molecule has 0 spiro atoms. The first-order valence-electron chi connectivity index (χ1n) is 10.3. The fourth-order valence-corrected chi connectivity index (χ4v) is 3.68. The molecular formula is C21H21F3N6O. The first-order chi connectivity index (χ1) is 15.0. The lowest BCUT2D eigenvalue weighted by atomic mass is 10.1. The van der Waals surface area contributed by atoms with Gasteiger partial charge in [-0.2, -0.15) is 0 Å². The molecule has 2 unspecified atom stereocenters. The van der Waals surface area contributed by atoms with Crippen LogP contribution in [0.5, 0.6) is 0 Å². The molecule has 3 aromatic rings. The van der Waals surface area contributed by atoms with Crippen molar-refractivity contribution in [1.82, 2.24) is 25.0 Å². The molecule has 1 aliphatic carbocycles. The Hall–Kier alpha value is -3.14. The maximum absolute atomic E-state index is 14.6. The Morgan fingerprint density at radius 1 is 1.19 bits per heavy atom. The van der Waals surface area contributed by atoms with Crippen molar-refractivity contribution >= 4 is 17.4 Å². The number of rotatable bonds is 5. The second kappa shape index (κ2) is 7.84. The predicted molar refractivity (Wildman–Crippen MR) is 109 cm³/mol. The lowest BCUT2D eigenvalue weighted by molar-refractivity contribution is 0.0951. The SMILES string of the molecule is O=C(NC1CC1)c1ccn2c(-c3nc(NC4CNCCC4F)c(F)cc3F)cnc2c1. The Kier molecular flexibility index (Phi) is 5.01. The van der Waals surface area contributed by atoms with Crippen molar-refractivity contribution in [2.45, 2.75) is 37.5 Å². The van der Waals surface area contributed by atoms with Gasteiger partial charge in [0, 0.05) is 30.4 Å². The summed E-state index contributed by atoms with van der Waals surface area (Å²) in [5, 5.41) is 8.70. The third kappa shape index (κ3) is 3.95. The number of hydrogen-bond donors (Lipinski definition) is 3. The fourth-order valence-electron chi connectivity index (χ4n) is 3.68. The standard InChI is InChI=1S/C21H21F3N6O/c22-13-3-5-25-9-16(13)28-20-15(24)8-14(23)19(29-20)17-10-26-18-7-11(4-6-30(17)18)21(31)27-12-1-2-12/h4,6-8,10,12-13,16,25H,1-3,5,9H2,(H,27,31)(H,28,29). The normalized spacial score (nSPS) is 21.3. The number of nitrogens with one attached hydrogen (secondary N) is 3. The number of hydrogen-bond acceptors (Lipinski definition) is 5. The van der Waals surface area contributed by atoms with Gasteiger partial charge in [-0.25, -0.2) is 23.1 Å². The third-order valence-electron chi connectivity index (χ3n) is 5.58. The van der Waals surface area contributed by atoms with Crippen molar-refractivity contribution in [2.24, 2.45) is 0 Å². The van der Waals surface area contributed by atoms with Gasteiger partial charge >= 0.3 is 0 Å². The van der Waals surface area contributed by atoms with Gasteiger partial charge in [0.05, 0.1) is 17.9 Å². The van der Waals surface area contributed by atoms with Crippen molar-refractivity contribution in [1.29, 1.82) is 0 Å². The summed E-state index contributed by atoms with van der Waals surface area (Å²) in [6.07, 6.45) is 4.11. The van der Waals surface area contributed by atoms with Crippen LogP contribution in [0.15, 0.2) is 30.6 Å². The minimum Gasteiger partial charge on any atom is -0.361 e. The van der Waals surface area contributed by atoms with Crippen LogP contribution in [0.3, 0.4) is 0 Å². The van der Waals surface area contributed by atoms with Crippen LogP contribution < -0.4 is 16.0 Å². The number of aromatic nitrogens is 3. The molecule has 162 valence electrons. The molecule has 10 heteroatoms. The van der Waals surface area contributed by atoms with Gasteiger partial charge in [0.1, 0.15) is 17.5 Å². The minimum atomic E-state index is -1.16. The molecule has 0 radical (unpaired) electrons. The van der Waals surface area contributed by atoms with Gasteiger partial charge < -0.3 is 16.0 Å². The Labute approximate surface area is 176 Å². The molecule has 3 aromatic heterocycles. The van der Waals surface area contributed by atoms with Crippen molar-refractivity contribution in [2.75, 3.05) is 18.4 Å². The summed E-state index contributed by atoms with van der Waals surface area (Å²) < 4.78 is 44.7. The van der Waals surface area contributed by atoms with Crippen LogP contribution in [0, 0.1) is 11.6 Å². The van der Waals surface area contributed by atoms with Crippen molar-refractivity contribution in [3.8, 4) is 11.4 Å². The van der Waals surface area contributed by atoms with E-state index in [0.717, 1.165) is 18.9 Å². The number of nitrogens with zero attached hydrogens (tertiary/aromatic N) is 3. The Morgan fingerprint density at radius 2 is 2.03 bits per heavy atom. The third-order valence-corrected chi connectivity index (χ3v) is 5.58. The van der Waals surface area contributed by atoms with Gasteiger partial charge in [-0.15, -0.1) is 0 Å². The second-order valence-corrected chi connectivity index (χ2v) is 7.94. The van der Waals surface area contributed by atoms with Crippen LogP contribution in [0.2, 0.25) is 0 Å². The first kappa shape index (κ1) is 19.8. The van der Waals surface area contributed by atoms with E-state index in [1.54, 1.807) is 22.7 Å². The molecule has 2 fully saturated rings. The van der Waals surface area contributed by atoms with Gasteiger partial charge in [-0.1, -0.05) is 0 Å². The second-order valence-electron chi connectivity index (χ2n) is 7.94. The number of piperidine rings is 1. The van der Waals surface area contributed by atoms with Crippen LogP contribution in [0.1, 0.15) is 29.6 Å². The zero-order valence-electron chi connectivity index (χ0n) is 16.5. The lowest BCUT2D eigenvalue weighted by Gasteiger charge is -2.28. The van der Waals surface area contributed by atoms with E-state index in [1.165, 1.54) is 6.20 Å². The van der Waals surface area contributed by atoms with Gasteiger partial charge in [0.25, 0.3) is 5.91 Å². The number of fused-ring (bicyclic) bond motifs is 1. The summed E-state index contributed by atoms with van der Waals surface area (Å²) in [5.41, 5.74) is 1.05. The summed E-state index contributed by atoms with van der Waals surface area (Å²) in [5.74, 6) is -2.16. The molecule has 3 N–H and O–H groups in total. The van der Waals surface area contributed by atoms with Gasteiger partial charge in [-0.3, -0.25) is 9.20 Å². The number of imidazole rings is 1. The minimum absolute atomic E-state index is 0.120. The molecule has 0 bridgehead atoms. The molecule has 2 aliphatic rings. The molecule has 5 rings (SSSR count). The maximum Gasteiger partial charge on any atom is 0.251 e. The monoisotopic (exact) mass is 430 g/mol. The lowest BCUT2D eigenvalue weighted by Crippen LogP contribution is -2.46. The first-order valence-corrected chi connectivity index (χ1v) is 10.3. The van der Waals surface area contributed by atoms with E-state index in [2.05, 4.69) is 25.9 Å². The number of alkyl halides is 1. The molecule has 0 aromatic carbocycles. The largest absolute Gasteiger partial charge is 0.361 e. The molecule has 1 amide bonds. The molecule has 2 atom stereocenters. The number of carbonyl (C=O) groups excluding carboxylic acids is 1. The summed E-state index contributed by atoms with van der Waals surface area (Å²) in [7, 11) is 0.